The van der Waals surface area contributed by atoms with Crippen molar-refractivity contribution in [3.05, 3.63) is 56.2 Å². The van der Waals surface area contributed by atoms with Gasteiger partial charge in [0.15, 0.2) is 0 Å². The molecule has 0 aliphatic rings. The van der Waals surface area contributed by atoms with Crippen molar-refractivity contribution in [3.63, 3.8) is 0 Å². The maximum atomic E-state index is 5.66. The van der Waals surface area contributed by atoms with Gasteiger partial charge in [0, 0.05) is 28.5 Å². The number of likely N-dealkylation sites (N-methyl/N-ethyl adjacent to an activating group) is 1. The van der Waals surface area contributed by atoms with Gasteiger partial charge in [-0.15, -0.1) is 11.3 Å². The first-order chi connectivity index (χ1) is 9.60. The van der Waals surface area contributed by atoms with E-state index in [1.165, 1.54) is 10.4 Å². The smallest absolute Gasteiger partial charge is 0.0244 e. The van der Waals surface area contributed by atoms with Gasteiger partial charge in [0.2, 0.25) is 0 Å². The van der Waals surface area contributed by atoms with Gasteiger partial charge in [-0.3, -0.25) is 4.90 Å². The molecule has 1 heterocycles. The molecule has 2 nitrogen and oxygen atoms in total. The normalized spacial score (nSPS) is 12.8. The van der Waals surface area contributed by atoms with E-state index in [9.17, 15) is 0 Å². The summed E-state index contributed by atoms with van der Waals surface area (Å²) in [6.45, 7) is 3.81. The maximum Gasteiger partial charge on any atom is 0.0244 e. The Labute approximate surface area is 133 Å². The highest BCUT2D eigenvalue weighted by molar-refractivity contribution is 9.10. The van der Waals surface area contributed by atoms with Gasteiger partial charge in [-0.1, -0.05) is 34.1 Å². The molecule has 0 saturated carbocycles. The van der Waals surface area contributed by atoms with Gasteiger partial charge in [0.1, 0.15) is 0 Å². The Balaban J connectivity index is 1.98. The van der Waals surface area contributed by atoms with Crippen molar-refractivity contribution in [2.75, 3.05) is 7.05 Å². The van der Waals surface area contributed by atoms with Gasteiger partial charge in [0.25, 0.3) is 0 Å². The molecule has 2 rings (SSSR count). The molecule has 20 heavy (non-hydrogen) atoms. The third-order valence-corrected chi connectivity index (χ3v) is 5.24. The van der Waals surface area contributed by atoms with Crippen LogP contribution in [0.3, 0.4) is 0 Å². The fraction of sp³-hybridized carbons (Fsp3) is 0.375. The summed E-state index contributed by atoms with van der Waals surface area (Å²) in [5.41, 5.74) is 8.13. The van der Waals surface area contributed by atoms with E-state index in [2.05, 4.69) is 70.5 Å². The lowest BCUT2D eigenvalue weighted by molar-refractivity contribution is 0.248. The molecule has 0 fully saturated rings. The molecular formula is C16H21BrN2S. The topological polar surface area (TPSA) is 29.3 Å². The molecule has 2 N–H and O–H groups in total. The number of nitrogens with zero attached hydrogens (tertiary/aromatic N) is 1. The minimum atomic E-state index is 0.523. The zero-order valence-corrected chi connectivity index (χ0v) is 14.4. The zero-order valence-electron chi connectivity index (χ0n) is 12.0. The number of thiophene rings is 1. The third-order valence-electron chi connectivity index (χ3n) is 3.60. The van der Waals surface area contributed by atoms with Crippen LogP contribution in [0.2, 0.25) is 0 Å². The van der Waals surface area contributed by atoms with Gasteiger partial charge < -0.3 is 5.73 Å². The van der Waals surface area contributed by atoms with E-state index in [0.29, 0.717) is 12.6 Å². The molecule has 1 unspecified atom stereocenters. The summed E-state index contributed by atoms with van der Waals surface area (Å²) in [5.74, 6) is 0. The van der Waals surface area contributed by atoms with Crippen LogP contribution in [0.4, 0.5) is 0 Å². The second-order valence-corrected chi connectivity index (χ2v) is 7.06. The van der Waals surface area contributed by atoms with Crippen molar-refractivity contribution in [1.29, 1.82) is 0 Å². The molecule has 0 aliphatic heterocycles. The lowest BCUT2D eigenvalue weighted by atomic mass is 10.1. The van der Waals surface area contributed by atoms with Crippen LogP contribution in [-0.2, 0) is 19.5 Å². The van der Waals surface area contributed by atoms with Crippen molar-refractivity contribution in [1.82, 2.24) is 4.90 Å². The van der Waals surface area contributed by atoms with E-state index >= 15 is 0 Å². The number of benzene rings is 1. The number of hydrogen-bond acceptors (Lipinski definition) is 3. The zero-order chi connectivity index (χ0) is 14.5. The van der Waals surface area contributed by atoms with Crippen LogP contribution in [0.5, 0.6) is 0 Å². The van der Waals surface area contributed by atoms with Gasteiger partial charge in [-0.25, -0.2) is 0 Å². The first-order valence-electron chi connectivity index (χ1n) is 6.80. The van der Waals surface area contributed by atoms with Crippen LogP contribution in [0.15, 0.2) is 40.2 Å². The van der Waals surface area contributed by atoms with Crippen molar-refractivity contribution in [2.45, 2.75) is 32.5 Å². The summed E-state index contributed by atoms with van der Waals surface area (Å²) in [4.78, 5) is 3.84. The third kappa shape index (κ3) is 4.16. The summed E-state index contributed by atoms with van der Waals surface area (Å²) in [6.07, 6.45) is 1.10. The predicted octanol–water partition coefficient (Wildman–Crippen LogP) is 4.03. The SMILES string of the molecule is CC(Cc1cccs1)N(C)Cc1ccc(CN)cc1Br. The van der Waals surface area contributed by atoms with Gasteiger partial charge in [0.05, 0.1) is 0 Å². The number of rotatable bonds is 6. The molecule has 0 amide bonds. The van der Waals surface area contributed by atoms with Crippen LogP contribution in [0, 0.1) is 0 Å². The quantitative estimate of drug-likeness (QED) is 0.850. The highest BCUT2D eigenvalue weighted by Gasteiger charge is 2.12. The molecule has 1 aromatic heterocycles. The standard InChI is InChI=1S/C16H21BrN2S/c1-12(8-15-4-3-7-20-15)19(2)11-14-6-5-13(10-18)9-16(14)17/h3-7,9,12H,8,10-11,18H2,1-2H3. The van der Waals surface area contributed by atoms with Crippen molar-refractivity contribution in [3.8, 4) is 0 Å². The molecule has 0 saturated heterocycles. The molecule has 1 atom stereocenters. The van der Waals surface area contributed by atoms with Gasteiger partial charge >= 0.3 is 0 Å². The highest BCUT2D eigenvalue weighted by Crippen LogP contribution is 2.21. The summed E-state index contributed by atoms with van der Waals surface area (Å²) in [5, 5.41) is 2.14. The summed E-state index contributed by atoms with van der Waals surface area (Å²) in [7, 11) is 2.18. The number of hydrogen-bond donors (Lipinski definition) is 1. The summed E-state index contributed by atoms with van der Waals surface area (Å²) >= 11 is 5.48. The fourth-order valence-electron chi connectivity index (χ4n) is 2.15. The number of nitrogens with two attached hydrogens (primary N) is 1. The summed E-state index contributed by atoms with van der Waals surface area (Å²) in [6, 6.07) is 11.2. The maximum absolute atomic E-state index is 5.66. The molecule has 0 aliphatic carbocycles. The van der Waals surface area contributed by atoms with Gasteiger partial charge in [-0.2, -0.15) is 0 Å². The highest BCUT2D eigenvalue weighted by atomic mass is 79.9. The average molecular weight is 353 g/mol. The lowest BCUT2D eigenvalue weighted by Gasteiger charge is -2.25. The number of halogens is 1. The van der Waals surface area contributed by atoms with E-state index in [-0.39, 0.29) is 0 Å². The molecule has 0 bridgehead atoms. The van der Waals surface area contributed by atoms with E-state index < -0.39 is 0 Å². The Kier molecular flexibility index (Phi) is 5.78. The Morgan fingerprint density at radius 3 is 2.75 bits per heavy atom. The van der Waals surface area contributed by atoms with E-state index in [1.807, 2.05) is 11.3 Å². The van der Waals surface area contributed by atoms with Crippen LogP contribution in [0.25, 0.3) is 0 Å². The Hall–Kier alpha value is -0.680. The van der Waals surface area contributed by atoms with E-state index in [4.69, 9.17) is 5.73 Å². The average Bonchev–Trinajstić information content (AvgIpc) is 2.93. The van der Waals surface area contributed by atoms with Gasteiger partial charge in [-0.05, 0) is 49.0 Å². The van der Waals surface area contributed by atoms with E-state index in [0.717, 1.165) is 23.0 Å². The summed E-state index contributed by atoms with van der Waals surface area (Å²) < 4.78 is 1.15. The van der Waals surface area contributed by atoms with Crippen LogP contribution < -0.4 is 5.73 Å². The van der Waals surface area contributed by atoms with Crippen LogP contribution >= 0.6 is 27.3 Å². The Morgan fingerprint density at radius 1 is 1.35 bits per heavy atom. The Morgan fingerprint density at radius 2 is 2.15 bits per heavy atom. The molecule has 4 heteroatoms. The molecular weight excluding hydrogens is 332 g/mol. The second-order valence-electron chi connectivity index (χ2n) is 5.18. The molecule has 2 aromatic rings. The lowest BCUT2D eigenvalue weighted by Crippen LogP contribution is -2.30. The minimum absolute atomic E-state index is 0.523. The predicted molar refractivity (Wildman–Crippen MR) is 91.0 cm³/mol. The van der Waals surface area contributed by atoms with Crippen molar-refractivity contribution in [2.24, 2.45) is 5.73 Å². The second kappa shape index (κ2) is 7.36. The van der Waals surface area contributed by atoms with E-state index in [1.54, 1.807) is 0 Å². The molecule has 0 radical (unpaired) electrons. The first kappa shape index (κ1) is 15.7. The fourth-order valence-corrected chi connectivity index (χ4v) is 3.52. The van der Waals surface area contributed by atoms with Crippen LogP contribution in [-0.4, -0.2) is 18.0 Å². The first-order valence-corrected chi connectivity index (χ1v) is 8.47. The molecule has 1 aromatic carbocycles. The Bertz CT molecular complexity index is 539. The monoisotopic (exact) mass is 352 g/mol. The minimum Gasteiger partial charge on any atom is -0.326 e. The molecule has 108 valence electrons. The van der Waals surface area contributed by atoms with Crippen molar-refractivity contribution >= 4 is 27.3 Å². The molecule has 0 spiro atoms. The van der Waals surface area contributed by atoms with Crippen LogP contribution in [0.1, 0.15) is 22.9 Å². The largest absolute Gasteiger partial charge is 0.326 e. The van der Waals surface area contributed by atoms with Crippen molar-refractivity contribution < 1.29 is 0 Å².